The van der Waals surface area contributed by atoms with E-state index < -0.39 is 5.97 Å². The second kappa shape index (κ2) is 10.2. The van der Waals surface area contributed by atoms with Gasteiger partial charge in [0.05, 0.1) is 11.9 Å². The molecule has 0 fully saturated rings. The van der Waals surface area contributed by atoms with Gasteiger partial charge in [-0.05, 0) is 30.5 Å². The quantitative estimate of drug-likeness (QED) is 0.468. The second-order valence-corrected chi connectivity index (χ2v) is 6.81. The summed E-state index contributed by atoms with van der Waals surface area (Å²) in [7, 11) is 0. The maximum absolute atomic E-state index is 12.2. The molecule has 0 unspecified atom stereocenters. The van der Waals surface area contributed by atoms with Crippen molar-refractivity contribution in [3.05, 3.63) is 65.4 Å². The summed E-state index contributed by atoms with van der Waals surface area (Å²) in [5.74, 6) is -1.30. The molecule has 2 amide bonds. The van der Waals surface area contributed by atoms with Crippen molar-refractivity contribution in [3.63, 3.8) is 0 Å². The molecule has 0 aliphatic carbocycles. The molecule has 156 valence electrons. The topological polar surface area (TPSA) is 113 Å². The number of benzene rings is 2. The van der Waals surface area contributed by atoms with Crippen LogP contribution in [0.3, 0.4) is 0 Å². The molecule has 0 aliphatic rings. The highest BCUT2D eigenvalue weighted by Gasteiger charge is 2.14. The van der Waals surface area contributed by atoms with Crippen molar-refractivity contribution >= 4 is 28.7 Å². The number of carbonyl (C=O) groups excluding carboxylic acids is 3. The minimum atomic E-state index is -0.559. The van der Waals surface area contributed by atoms with E-state index in [1.165, 1.54) is 5.56 Å². The first kappa shape index (κ1) is 21.0. The van der Waals surface area contributed by atoms with E-state index >= 15 is 0 Å². The summed E-state index contributed by atoms with van der Waals surface area (Å²) in [5.41, 5.74) is 3.36. The van der Waals surface area contributed by atoms with Crippen LogP contribution in [0.1, 0.15) is 28.0 Å². The highest BCUT2D eigenvalue weighted by molar-refractivity contribution is 6.04. The van der Waals surface area contributed by atoms with Crippen LogP contribution in [0.25, 0.3) is 10.9 Å². The summed E-state index contributed by atoms with van der Waals surface area (Å²) in [6, 6.07) is 15.2. The zero-order valence-corrected chi connectivity index (χ0v) is 16.7. The van der Waals surface area contributed by atoms with Gasteiger partial charge in [-0.2, -0.15) is 5.10 Å². The van der Waals surface area contributed by atoms with Gasteiger partial charge in [-0.1, -0.05) is 42.5 Å². The number of hydrogen-bond acceptors (Lipinski definition) is 5. The molecule has 3 N–H and O–H groups in total. The summed E-state index contributed by atoms with van der Waals surface area (Å²) in [6.07, 6.45) is 0.671. The second-order valence-electron chi connectivity index (χ2n) is 6.81. The van der Waals surface area contributed by atoms with Crippen molar-refractivity contribution in [3.8, 4) is 0 Å². The minimum Gasteiger partial charge on any atom is -0.456 e. The number of nitrogens with one attached hydrogen (secondary N) is 3. The highest BCUT2D eigenvalue weighted by Crippen LogP contribution is 2.14. The van der Waals surface area contributed by atoms with E-state index in [-0.39, 0.29) is 37.1 Å². The number of rotatable bonds is 9. The van der Waals surface area contributed by atoms with Crippen LogP contribution in [-0.2, 0) is 20.7 Å². The Hall–Kier alpha value is -3.68. The van der Waals surface area contributed by atoms with Gasteiger partial charge in [0.2, 0.25) is 0 Å². The lowest BCUT2D eigenvalue weighted by atomic mass is 10.1. The van der Waals surface area contributed by atoms with Gasteiger partial charge < -0.3 is 15.4 Å². The molecule has 0 bridgehead atoms. The maximum atomic E-state index is 12.2. The number of para-hydroxylation sites is 1. The molecule has 0 saturated carbocycles. The molecule has 1 heterocycles. The minimum absolute atomic E-state index is 0.0371. The van der Waals surface area contributed by atoms with Gasteiger partial charge >= 0.3 is 5.97 Å². The van der Waals surface area contributed by atoms with Gasteiger partial charge in [-0.3, -0.25) is 19.5 Å². The van der Waals surface area contributed by atoms with E-state index in [0.717, 1.165) is 11.1 Å². The van der Waals surface area contributed by atoms with Crippen LogP contribution < -0.4 is 10.6 Å². The lowest BCUT2D eigenvalue weighted by Crippen LogP contribution is -2.31. The molecule has 2 aromatic carbocycles. The number of fused-ring (bicyclic) bond motifs is 1. The van der Waals surface area contributed by atoms with E-state index in [9.17, 15) is 14.4 Å². The number of esters is 1. The normalized spacial score (nSPS) is 10.6. The van der Waals surface area contributed by atoms with Gasteiger partial charge in [0, 0.05) is 18.5 Å². The number of hydrogen-bond donors (Lipinski definition) is 3. The lowest BCUT2D eigenvalue weighted by Gasteiger charge is -2.08. The maximum Gasteiger partial charge on any atom is 0.308 e. The summed E-state index contributed by atoms with van der Waals surface area (Å²) < 4.78 is 4.95. The van der Waals surface area contributed by atoms with Crippen molar-refractivity contribution in [2.24, 2.45) is 0 Å². The van der Waals surface area contributed by atoms with Crippen molar-refractivity contribution in [2.45, 2.75) is 19.8 Å². The Bertz CT molecular complexity index is 1040. The van der Waals surface area contributed by atoms with Crippen molar-refractivity contribution in [1.29, 1.82) is 0 Å². The Kier molecular flexibility index (Phi) is 7.15. The van der Waals surface area contributed by atoms with Crippen LogP contribution in [0.4, 0.5) is 0 Å². The molecule has 3 aromatic rings. The molecule has 8 nitrogen and oxygen atoms in total. The smallest absolute Gasteiger partial charge is 0.308 e. The number of aromatic nitrogens is 2. The summed E-state index contributed by atoms with van der Waals surface area (Å²) >= 11 is 0. The van der Waals surface area contributed by atoms with Crippen LogP contribution in [0.2, 0.25) is 0 Å². The van der Waals surface area contributed by atoms with Crippen LogP contribution in [-0.4, -0.2) is 47.7 Å². The summed E-state index contributed by atoms with van der Waals surface area (Å²) in [4.78, 5) is 35.8. The fourth-order valence-electron chi connectivity index (χ4n) is 2.99. The fraction of sp³-hybridized carbons (Fsp3) is 0.273. The SMILES string of the molecule is Cc1ccccc1CCNC(=O)COC(=O)CCNC(=O)c1n[nH]c2ccccc12. The standard InChI is InChI=1S/C22H24N4O4/c1-15-6-2-3-7-16(15)10-12-23-19(27)14-30-20(28)11-13-24-22(29)21-17-8-4-5-9-18(17)25-26-21/h2-9H,10-14H2,1H3,(H,23,27)(H,24,29)(H,25,26). The highest BCUT2D eigenvalue weighted by atomic mass is 16.5. The zero-order chi connectivity index (χ0) is 21.3. The summed E-state index contributed by atoms with van der Waals surface area (Å²) in [6.45, 7) is 2.24. The van der Waals surface area contributed by atoms with Crippen molar-refractivity contribution < 1.29 is 19.1 Å². The number of nitrogens with zero attached hydrogens (tertiary/aromatic N) is 1. The number of H-pyrrole nitrogens is 1. The molecule has 0 spiro atoms. The molecule has 8 heteroatoms. The van der Waals surface area contributed by atoms with Crippen molar-refractivity contribution in [2.75, 3.05) is 19.7 Å². The average Bonchev–Trinajstić information content (AvgIpc) is 3.18. The van der Waals surface area contributed by atoms with E-state index in [0.29, 0.717) is 18.4 Å². The Morgan fingerprint density at radius 1 is 1.00 bits per heavy atom. The van der Waals surface area contributed by atoms with Crippen LogP contribution >= 0.6 is 0 Å². The van der Waals surface area contributed by atoms with Gasteiger partial charge in [-0.15, -0.1) is 0 Å². The largest absolute Gasteiger partial charge is 0.456 e. The molecule has 0 radical (unpaired) electrons. The molecular formula is C22H24N4O4. The first-order valence-electron chi connectivity index (χ1n) is 9.72. The first-order chi connectivity index (χ1) is 14.5. The van der Waals surface area contributed by atoms with E-state index in [1.807, 2.05) is 49.4 Å². The van der Waals surface area contributed by atoms with E-state index in [4.69, 9.17) is 4.74 Å². The third-order valence-electron chi connectivity index (χ3n) is 4.64. The molecule has 0 aliphatic heterocycles. The van der Waals surface area contributed by atoms with Crippen LogP contribution in [0.5, 0.6) is 0 Å². The number of aromatic amines is 1. The fourth-order valence-corrected chi connectivity index (χ4v) is 2.99. The van der Waals surface area contributed by atoms with Gasteiger partial charge in [-0.25, -0.2) is 0 Å². The van der Waals surface area contributed by atoms with Gasteiger partial charge in [0.25, 0.3) is 11.8 Å². The average molecular weight is 408 g/mol. The number of carbonyl (C=O) groups is 3. The van der Waals surface area contributed by atoms with E-state index in [1.54, 1.807) is 6.07 Å². The van der Waals surface area contributed by atoms with Crippen LogP contribution in [0, 0.1) is 6.92 Å². The third-order valence-corrected chi connectivity index (χ3v) is 4.64. The lowest BCUT2D eigenvalue weighted by molar-refractivity contribution is -0.148. The molecule has 0 saturated heterocycles. The number of aryl methyl sites for hydroxylation is 1. The third kappa shape index (κ3) is 5.66. The predicted octanol–water partition coefficient (Wildman–Crippen LogP) is 1.89. The monoisotopic (exact) mass is 408 g/mol. The molecule has 30 heavy (non-hydrogen) atoms. The van der Waals surface area contributed by atoms with Gasteiger partial charge in [0.15, 0.2) is 12.3 Å². The molecule has 1 aromatic heterocycles. The Balaban J connectivity index is 1.32. The van der Waals surface area contributed by atoms with Crippen molar-refractivity contribution in [1.82, 2.24) is 20.8 Å². The Labute approximate surface area is 174 Å². The molecule has 3 rings (SSSR count). The Morgan fingerprint density at radius 2 is 1.77 bits per heavy atom. The Morgan fingerprint density at radius 3 is 2.60 bits per heavy atom. The van der Waals surface area contributed by atoms with E-state index in [2.05, 4.69) is 20.8 Å². The molecular weight excluding hydrogens is 384 g/mol. The molecule has 0 atom stereocenters. The predicted molar refractivity (Wildman–Crippen MR) is 112 cm³/mol. The number of ether oxygens (including phenoxy) is 1. The number of amides is 2. The zero-order valence-electron chi connectivity index (χ0n) is 16.7. The summed E-state index contributed by atoms with van der Waals surface area (Å²) in [5, 5.41) is 12.9. The van der Waals surface area contributed by atoms with Gasteiger partial charge in [0.1, 0.15) is 0 Å². The first-order valence-corrected chi connectivity index (χ1v) is 9.72. The van der Waals surface area contributed by atoms with Crippen LogP contribution in [0.15, 0.2) is 48.5 Å².